The first-order valence-corrected chi connectivity index (χ1v) is 6.69. The SMILES string of the molecule is Nc1cn(CC2CCCC(F)(F)C2)cc(Br)c1=O. The van der Waals surface area contributed by atoms with Gasteiger partial charge in [-0.05, 0) is 34.7 Å². The van der Waals surface area contributed by atoms with E-state index in [1.807, 2.05) is 0 Å². The normalized spacial score (nSPS) is 22.9. The summed E-state index contributed by atoms with van der Waals surface area (Å²) in [5, 5.41) is 0. The average Bonchev–Trinajstić information content (AvgIpc) is 2.24. The van der Waals surface area contributed by atoms with Gasteiger partial charge in [-0.25, -0.2) is 8.78 Å². The number of nitrogen functional groups attached to an aromatic ring is 1. The third-order valence-corrected chi connectivity index (χ3v) is 3.84. The van der Waals surface area contributed by atoms with Crippen LogP contribution >= 0.6 is 15.9 Å². The number of pyridine rings is 1. The van der Waals surface area contributed by atoms with Crippen molar-refractivity contribution in [1.82, 2.24) is 4.57 Å². The minimum absolute atomic E-state index is 0.0144. The van der Waals surface area contributed by atoms with Crippen LogP contribution in [0.5, 0.6) is 0 Å². The molecule has 0 bridgehead atoms. The van der Waals surface area contributed by atoms with Gasteiger partial charge in [0.2, 0.25) is 11.4 Å². The lowest BCUT2D eigenvalue weighted by Crippen LogP contribution is -2.28. The molecule has 6 heteroatoms. The molecule has 1 atom stereocenters. The van der Waals surface area contributed by atoms with Crippen LogP contribution in [0.25, 0.3) is 0 Å². The molecular weight excluding hydrogens is 306 g/mol. The summed E-state index contributed by atoms with van der Waals surface area (Å²) in [4.78, 5) is 11.4. The van der Waals surface area contributed by atoms with E-state index in [1.165, 1.54) is 6.20 Å². The Balaban J connectivity index is 2.12. The van der Waals surface area contributed by atoms with E-state index in [1.54, 1.807) is 10.8 Å². The van der Waals surface area contributed by atoms with Crippen LogP contribution in [-0.4, -0.2) is 10.5 Å². The molecule has 0 amide bonds. The van der Waals surface area contributed by atoms with Crippen LogP contribution in [0.3, 0.4) is 0 Å². The van der Waals surface area contributed by atoms with Crippen molar-refractivity contribution in [3.63, 3.8) is 0 Å². The molecule has 1 heterocycles. The highest BCUT2D eigenvalue weighted by molar-refractivity contribution is 9.10. The molecule has 2 rings (SSSR count). The molecule has 3 nitrogen and oxygen atoms in total. The first kappa shape index (κ1) is 13.5. The summed E-state index contributed by atoms with van der Waals surface area (Å²) in [7, 11) is 0. The molecule has 1 saturated carbocycles. The van der Waals surface area contributed by atoms with Gasteiger partial charge in [0.05, 0.1) is 10.2 Å². The molecule has 1 aliphatic rings. The van der Waals surface area contributed by atoms with Gasteiger partial charge in [0, 0.05) is 31.8 Å². The number of nitrogens with zero attached hydrogens (tertiary/aromatic N) is 1. The summed E-state index contributed by atoms with van der Waals surface area (Å²) >= 11 is 3.12. The predicted molar refractivity (Wildman–Crippen MR) is 69.7 cm³/mol. The van der Waals surface area contributed by atoms with Crippen LogP contribution < -0.4 is 11.2 Å². The molecule has 1 fully saturated rings. The smallest absolute Gasteiger partial charge is 0.248 e. The number of halogens is 3. The maximum absolute atomic E-state index is 13.3. The minimum Gasteiger partial charge on any atom is -0.394 e. The molecule has 100 valence electrons. The molecule has 0 radical (unpaired) electrons. The fourth-order valence-electron chi connectivity index (χ4n) is 2.45. The Kier molecular flexibility index (Phi) is 3.75. The Morgan fingerprint density at radius 2 is 2.22 bits per heavy atom. The molecule has 0 aromatic carbocycles. The van der Waals surface area contributed by atoms with Crippen molar-refractivity contribution in [2.45, 2.75) is 38.2 Å². The van der Waals surface area contributed by atoms with E-state index in [-0.39, 0.29) is 29.9 Å². The van der Waals surface area contributed by atoms with E-state index in [9.17, 15) is 13.6 Å². The summed E-state index contributed by atoms with van der Waals surface area (Å²) in [6, 6.07) is 0. The Bertz CT molecular complexity index is 475. The first-order valence-electron chi connectivity index (χ1n) is 5.90. The van der Waals surface area contributed by atoms with Crippen molar-refractivity contribution in [3.05, 3.63) is 27.1 Å². The second kappa shape index (κ2) is 4.99. The number of alkyl halides is 2. The van der Waals surface area contributed by atoms with Crippen molar-refractivity contribution >= 4 is 21.6 Å². The van der Waals surface area contributed by atoms with Crippen LogP contribution in [0.2, 0.25) is 0 Å². The van der Waals surface area contributed by atoms with E-state index in [4.69, 9.17) is 5.73 Å². The lowest BCUT2D eigenvalue weighted by Gasteiger charge is -2.29. The maximum Gasteiger partial charge on any atom is 0.248 e. The first-order chi connectivity index (χ1) is 8.37. The molecule has 0 aliphatic heterocycles. The molecule has 1 aromatic heterocycles. The van der Waals surface area contributed by atoms with E-state index in [0.717, 1.165) is 6.42 Å². The standard InChI is InChI=1S/C12H15BrF2N2O/c13-9-6-17(7-10(16)11(9)18)5-8-2-1-3-12(14,15)4-8/h6-8H,1-5,16H2. The average molecular weight is 321 g/mol. The van der Waals surface area contributed by atoms with Gasteiger partial charge in [-0.15, -0.1) is 0 Å². The molecule has 1 aromatic rings. The second-order valence-electron chi connectivity index (χ2n) is 4.91. The van der Waals surface area contributed by atoms with Crippen LogP contribution in [-0.2, 0) is 6.54 Å². The highest BCUT2D eigenvalue weighted by Crippen LogP contribution is 2.37. The molecule has 18 heavy (non-hydrogen) atoms. The highest BCUT2D eigenvalue weighted by Gasteiger charge is 2.36. The third kappa shape index (κ3) is 3.10. The quantitative estimate of drug-likeness (QED) is 0.910. The van der Waals surface area contributed by atoms with E-state index in [0.29, 0.717) is 17.4 Å². The maximum atomic E-state index is 13.3. The molecule has 0 spiro atoms. The van der Waals surface area contributed by atoms with E-state index >= 15 is 0 Å². The van der Waals surface area contributed by atoms with Crippen LogP contribution in [0.4, 0.5) is 14.5 Å². The van der Waals surface area contributed by atoms with Gasteiger partial charge in [-0.3, -0.25) is 4.79 Å². The number of hydrogen-bond donors (Lipinski definition) is 1. The topological polar surface area (TPSA) is 48.0 Å². The fraction of sp³-hybridized carbons (Fsp3) is 0.583. The lowest BCUT2D eigenvalue weighted by molar-refractivity contribution is -0.0547. The van der Waals surface area contributed by atoms with E-state index in [2.05, 4.69) is 15.9 Å². The van der Waals surface area contributed by atoms with Gasteiger partial charge >= 0.3 is 0 Å². The van der Waals surface area contributed by atoms with Gasteiger partial charge in [-0.1, -0.05) is 0 Å². The van der Waals surface area contributed by atoms with Crippen molar-refractivity contribution in [1.29, 1.82) is 0 Å². The summed E-state index contributed by atoms with van der Waals surface area (Å²) in [5.74, 6) is -2.62. The largest absolute Gasteiger partial charge is 0.394 e. The van der Waals surface area contributed by atoms with Gasteiger partial charge in [0.25, 0.3) is 0 Å². The third-order valence-electron chi connectivity index (χ3n) is 3.27. The molecular formula is C12H15BrF2N2O. The van der Waals surface area contributed by atoms with Crippen molar-refractivity contribution in [2.24, 2.45) is 5.92 Å². The van der Waals surface area contributed by atoms with Crippen molar-refractivity contribution < 1.29 is 8.78 Å². The zero-order valence-electron chi connectivity index (χ0n) is 9.83. The minimum atomic E-state index is -2.55. The zero-order valence-corrected chi connectivity index (χ0v) is 11.4. The molecule has 0 saturated heterocycles. The van der Waals surface area contributed by atoms with Gasteiger partial charge < -0.3 is 10.3 Å². The van der Waals surface area contributed by atoms with Crippen LogP contribution in [0.15, 0.2) is 21.7 Å². The van der Waals surface area contributed by atoms with Gasteiger partial charge in [0.15, 0.2) is 0 Å². The monoisotopic (exact) mass is 320 g/mol. The number of rotatable bonds is 2. The van der Waals surface area contributed by atoms with Crippen molar-refractivity contribution in [3.8, 4) is 0 Å². The number of aromatic nitrogens is 1. The Labute approximate surface area is 112 Å². The summed E-state index contributed by atoms with van der Waals surface area (Å²) in [5.41, 5.74) is 5.44. The Hall–Kier alpha value is -0.910. The number of anilines is 1. The van der Waals surface area contributed by atoms with Crippen LogP contribution in [0, 0.1) is 5.92 Å². The summed E-state index contributed by atoms with van der Waals surface area (Å²) in [6.45, 7) is 0.471. The van der Waals surface area contributed by atoms with Crippen LogP contribution in [0.1, 0.15) is 25.7 Å². The Morgan fingerprint density at radius 3 is 2.83 bits per heavy atom. The number of nitrogens with two attached hydrogens (primary N) is 1. The second-order valence-corrected chi connectivity index (χ2v) is 5.76. The predicted octanol–water partition coefficient (Wildman–Crippen LogP) is 3.02. The Morgan fingerprint density at radius 1 is 1.50 bits per heavy atom. The van der Waals surface area contributed by atoms with Gasteiger partial charge in [-0.2, -0.15) is 0 Å². The molecule has 1 unspecified atom stereocenters. The molecule has 1 aliphatic carbocycles. The van der Waals surface area contributed by atoms with E-state index < -0.39 is 5.92 Å². The lowest BCUT2D eigenvalue weighted by atomic mass is 9.86. The summed E-state index contributed by atoms with van der Waals surface area (Å²) in [6.07, 6.45) is 4.36. The summed E-state index contributed by atoms with van der Waals surface area (Å²) < 4.78 is 28.7. The highest BCUT2D eigenvalue weighted by atomic mass is 79.9. The van der Waals surface area contributed by atoms with Gasteiger partial charge in [0.1, 0.15) is 0 Å². The number of hydrogen-bond acceptors (Lipinski definition) is 2. The van der Waals surface area contributed by atoms with Crippen molar-refractivity contribution in [2.75, 3.05) is 5.73 Å². The fourth-order valence-corrected chi connectivity index (χ4v) is 2.94. The molecule has 2 N–H and O–H groups in total. The zero-order chi connectivity index (χ0) is 13.3.